The molecule has 1 aliphatic heterocycles. The molecule has 1 saturated heterocycles. The summed E-state index contributed by atoms with van der Waals surface area (Å²) in [5, 5.41) is 2.88. The minimum Gasteiger partial charge on any atom is -0.488 e. The van der Waals surface area contributed by atoms with Gasteiger partial charge in [-0.05, 0) is 37.6 Å². The third-order valence-corrected chi connectivity index (χ3v) is 3.87. The largest absolute Gasteiger partial charge is 0.488 e. The third kappa shape index (κ3) is 4.36. The highest BCUT2D eigenvalue weighted by Crippen LogP contribution is 2.20. The number of hydrogen-bond acceptors (Lipinski definition) is 3. The van der Waals surface area contributed by atoms with Crippen LogP contribution in [-0.4, -0.2) is 43.3 Å². The van der Waals surface area contributed by atoms with Gasteiger partial charge in [-0.15, -0.1) is 0 Å². The molecule has 1 N–H and O–H groups in total. The van der Waals surface area contributed by atoms with E-state index in [1.165, 1.54) is 0 Å². The van der Waals surface area contributed by atoms with Gasteiger partial charge in [-0.2, -0.15) is 0 Å². The summed E-state index contributed by atoms with van der Waals surface area (Å²) in [7, 11) is 1.81. The molecule has 0 aliphatic carbocycles. The number of carbonyl (C=O) groups is 1. The molecule has 2 rings (SSSR count). The zero-order chi connectivity index (χ0) is 15.2. The molecule has 116 valence electrons. The maximum Gasteiger partial charge on any atom is 0.321 e. The van der Waals surface area contributed by atoms with E-state index in [1.54, 1.807) is 11.9 Å². The lowest BCUT2D eigenvalue weighted by Crippen LogP contribution is -2.37. The Hall–Kier alpha value is -1.75. The molecule has 1 aromatic rings. The number of anilines is 1. The molecule has 0 unspecified atom stereocenters. The second-order valence-corrected chi connectivity index (χ2v) is 5.43. The molecule has 5 nitrogen and oxygen atoms in total. The van der Waals surface area contributed by atoms with Crippen molar-refractivity contribution < 1.29 is 14.3 Å². The van der Waals surface area contributed by atoms with Gasteiger partial charge in [0.1, 0.15) is 11.9 Å². The summed E-state index contributed by atoms with van der Waals surface area (Å²) in [6, 6.07) is 7.58. The number of urea groups is 1. The first-order chi connectivity index (χ1) is 10.1. The molecule has 1 aliphatic rings. The summed E-state index contributed by atoms with van der Waals surface area (Å²) in [5.41, 5.74) is 0.769. The highest BCUT2D eigenvalue weighted by molar-refractivity contribution is 5.89. The van der Waals surface area contributed by atoms with Gasteiger partial charge in [0.2, 0.25) is 0 Å². The minimum absolute atomic E-state index is 0.0952. The molecule has 0 saturated carbocycles. The van der Waals surface area contributed by atoms with Gasteiger partial charge in [-0.3, -0.25) is 0 Å². The Morgan fingerprint density at radius 2 is 2.19 bits per heavy atom. The van der Waals surface area contributed by atoms with Crippen LogP contribution in [0.5, 0.6) is 5.75 Å². The summed E-state index contributed by atoms with van der Waals surface area (Å²) >= 11 is 0. The smallest absolute Gasteiger partial charge is 0.321 e. The Balaban J connectivity index is 1.88. The maximum absolute atomic E-state index is 12.0. The topological polar surface area (TPSA) is 50.8 Å². The molecular formula is C16H24N2O3. The third-order valence-electron chi connectivity index (χ3n) is 3.87. The molecule has 0 aromatic heterocycles. The van der Waals surface area contributed by atoms with Gasteiger partial charge in [0.15, 0.2) is 0 Å². The Morgan fingerprint density at radius 3 is 2.76 bits per heavy atom. The van der Waals surface area contributed by atoms with Crippen molar-refractivity contribution in [2.24, 2.45) is 0 Å². The van der Waals surface area contributed by atoms with E-state index in [0.717, 1.165) is 30.9 Å². The van der Waals surface area contributed by atoms with Crippen LogP contribution in [0.25, 0.3) is 0 Å². The predicted octanol–water partition coefficient (Wildman–Crippen LogP) is 3.12. The van der Waals surface area contributed by atoms with Gasteiger partial charge in [0.25, 0.3) is 0 Å². The average molecular weight is 292 g/mol. The van der Waals surface area contributed by atoms with Crippen LogP contribution in [0.2, 0.25) is 0 Å². The fraction of sp³-hybridized carbons (Fsp3) is 0.562. The van der Waals surface area contributed by atoms with E-state index in [9.17, 15) is 4.79 Å². The van der Waals surface area contributed by atoms with Crippen molar-refractivity contribution in [3.05, 3.63) is 24.3 Å². The molecule has 1 fully saturated rings. The van der Waals surface area contributed by atoms with E-state index in [4.69, 9.17) is 9.47 Å². The zero-order valence-corrected chi connectivity index (χ0v) is 13.0. The van der Waals surface area contributed by atoms with E-state index in [0.29, 0.717) is 6.61 Å². The molecule has 0 radical (unpaired) electrons. The molecule has 0 bridgehead atoms. The molecule has 5 heteroatoms. The lowest BCUT2D eigenvalue weighted by molar-refractivity contribution is 0.141. The molecule has 2 atom stereocenters. The number of benzene rings is 1. The fourth-order valence-corrected chi connectivity index (χ4v) is 2.10. The van der Waals surface area contributed by atoms with Crippen molar-refractivity contribution in [3.63, 3.8) is 0 Å². The van der Waals surface area contributed by atoms with Gasteiger partial charge < -0.3 is 19.7 Å². The Labute approximate surface area is 126 Å². The van der Waals surface area contributed by atoms with Crippen molar-refractivity contribution >= 4 is 11.7 Å². The van der Waals surface area contributed by atoms with Crippen LogP contribution in [0.1, 0.15) is 26.7 Å². The average Bonchev–Trinajstić information content (AvgIpc) is 3.00. The van der Waals surface area contributed by atoms with Crippen LogP contribution in [0.4, 0.5) is 10.5 Å². The van der Waals surface area contributed by atoms with Gasteiger partial charge >= 0.3 is 6.03 Å². The first kappa shape index (κ1) is 15.6. The van der Waals surface area contributed by atoms with E-state index in [-0.39, 0.29) is 18.2 Å². The van der Waals surface area contributed by atoms with Crippen molar-refractivity contribution in [3.8, 4) is 5.75 Å². The first-order valence-corrected chi connectivity index (χ1v) is 7.48. The second-order valence-electron chi connectivity index (χ2n) is 5.43. The zero-order valence-electron chi connectivity index (χ0n) is 13.0. The van der Waals surface area contributed by atoms with Gasteiger partial charge in [0, 0.05) is 25.2 Å². The van der Waals surface area contributed by atoms with Crippen LogP contribution in [0.15, 0.2) is 24.3 Å². The summed E-state index contributed by atoms with van der Waals surface area (Å²) in [6.07, 6.45) is 2.00. The Morgan fingerprint density at radius 1 is 1.48 bits per heavy atom. The monoisotopic (exact) mass is 292 g/mol. The highest BCUT2D eigenvalue weighted by atomic mass is 16.5. The normalized spacial score (nSPS) is 19.1. The van der Waals surface area contributed by atoms with Gasteiger partial charge in [-0.1, -0.05) is 6.92 Å². The van der Waals surface area contributed by atoms with Crippen LogP contribution in [0.3, 0.4) is 0 Å². The van der Waals surface area contributed by atoms with Gasteiger partial charge in [0.05, 0.1) is 13.2 Å². The molecule has 1 heterocycles. The second kappa shape index (κ2) is 7.31. The number of nitrogens with one attached hydrogen (secondary N) is 1. The predicted molar refractivity (Wildman–Crippen MR) is 82.8 cm³/mol. The number of carbonyl (C=O) groups excluding carboxylic acids is 1. The van der Waals surface area contributed by atoms with Crippen LogP contribution in [-0.2, 0) is 4.74 Å². The van der Waals surface area contributed by atoms with Gasteiger partial charge in [-0.25, -0.2) is 4.79 Å². The highest BCUT2D eigenvalue weighted by Gasteiger charge is 2.17. The standard InChI is InChI=1S/C16H24N2O3/c1-4-12(2)18(3)16(19)17-13-5-7-14(8-6-13)21-15-9-10-20-11-15/h5-8,12,15H,4,9-11H2,1-3H3,(H,17,19)/t12-,15-/m1/s1. The van der Waals surface area contributed by atoms with Crippen molar-refractivity contribution in [1.29, 1.82) is 0 Å². The van der Waals surface area contributed by atoms with Crippen molar-refractivity contribution in [2.75, 3.05) is 25.6 Å². The summed E-state index contributed by atoms with van der Waals surface area (Å²) in [5.74, 6) is 0.804. The number of rotatable bonds is 5. The minimum atomic E-state index is -0.0952. The molecule has 0 spiro atoms. The van der Waals surface area contributed by atoms with Crippen molar-refractivity contribution in [2.45, 2.75) is 38.8 Å². The summed E-state index contributed by atoms with van der Waals surface area (Å²) in [4.78, 5) is 13.8. The van der Waals surface area contributed by atoms with Crippen molar-refractivity contribution in [1.82, 2.24) is 4.90 Å². The van der Waals surface area contributed by atoms with E-state index >= 15 is 0 Å². The quantitative estimate of drug-likeness (QED) is 0.907. The Bertz CT molecular complexity index is 455. The number of hydrogen-bond donors (Lipinski definition) is 1. The SMILES string of the molecule is CC[C@@H](C)N(C)C(=O)Nc1ccc(O[C@@H]2CCOC2)cc1. The Kier molecular flexibility index (Phi) is 5.44. The van der Waals surface area contributed by atoms with Crippen LogP contribution >= 0.6 is 0 Å². The van der Waals surface area contributed by atoms with Crippen LogP contribution in [0, 0.1) is 0 Å². The van der Waals surface area contributed by atoms with E-state index in [1.807, 2.05) is 31.2 Å². The molecule has 21 heavy (non-hydrogen) atoms. The fourth-order valence-electron chi connectivity index (χ4n) is 2.10. The van der Waals surface area contributed by atoms with E-state index < -0.39 is 0 Å². The summed E-state index contributed by atoms with van der Waals surface area (Å²) in [6.45, 7) is 5.51. The van der Waals surface area contributed by atoms with Crippen LogP contribution < -0.4 is 10.1 Å². The first-order valence-electron chi connectivity index (χ1n) is 7.48. The lowest BCUT2D eigenvalue weighted by atomic mass is 10.2. The molecule has 1 aromatic carbocycles. The van der Waals surface area contributed by atoms with E-state index in [2.05, 4.69) is 12.2 Å². The number of ether oxygens (including phenoxy) is 2. The summed E-state index contributed by atoms with van der Waals surface area (Å²) < 4.78 is 11.1. The molecular weight excluding hydrogens is 268 g/mol. The lowest BCUT2D eigenvalue weighted by Gasteiger charge is -2.24. The number of amides is 2. The maximum atomic E-state index is 12.0. The molecule has 2 amide bonds. The number of nitrogens with zero attached hydrogens (tertiary/aromatic N) is 1.